The van der Waals surface area contributed by atoms with Gasteiger partial charge in [-0.3, -0.25) is 0 Å². The predicted molar refractivity (Wildman–Crippen MR) is 49.8 cm³/mol. The number of benzene rings is 1. The van der Waals surface area contributed by atoms with Gasteiger partial charge in [-0.15, -0.1) is 0 Å². The minimum atomic E-state index is -0.240. The minimum Gasteiger partial charge on any atom is -0.372 e. The molecule has 0 aliphatic carbocycles. The zero-order valence-electron chi connectivity index (χ0n) is 7.66. The molecule has 72 valence electrons. The average molecular weight is 183 g/mol. The molecule has 0 spiro atoms. The molecule has 0 aliphatic heterocycles. The van der Waals surface area contributed by atoms with E-state index >= 15 is 0 Å². The van der Waals surface area contributed by atoms with E-state index in [1.54, 1.807) is 12.1 Å². The SMILES string of the molecule is CCOC(CN)c1ccc(F)cc1. The van der Waals surface area contributed by atoms with Crippen molar-refractivity contribution in [3.05, 3.63) is 35.6 Å². The Balaban J connectivity index is 2.73. The van der Waals surface area contributed by atoms with Crippen molar-refractivity contribution in [1.29, 1.82) is 0 Å². The molecular weight excluding hydrogens is 169 g/mol. The fraction of sp³-hybridized carbons (Fsp3) is 0.400. The first kappa shape index (κ1) is 10.2. The second-order valence-electron chi connectivity index (χ2n) is 2.73. The van der Waals surface area contributed by atoms with Crippen LogP contribution in [0, 0.1) is 5.82 Å². The normalized spacial score (nSPS) is 12.8. The van der Waals surface area contributed by atoms with E-state index in [-0.39, 0.29) is 11.9 Å². The first-order valence-electron chi connectivity index (χ1n) is 4.35. The van der Waals surface area contributed by atoms with Gasteiger partial charge in [0.25, 0.3) is 0 Å². The van der Waals surface area contributed by atoms with Crippen LogP contribution in [0.5, 0.6) is 0 Å². The number of hydrogen-bond acceptors (Lipinski definition) is 2. The van der Waals surface area contributed by atoms with E-state index in [0.717, 1.165) is 5.56 Å². The number of rotatable bonds is 4. The second-order valence-corrected chi connectivity index (χ2v) is 2.73. The van der Waals surface area contributed by atoms with Crippen molar-refractivity contribution in [1.82, 2.24) is 0 Å². The largest absolute Gasteiger partial charge is 0.372 e. The maximum Gasteiger partial charge on any atom is 0.123 e. The molecule has 1 aromatic rings. The Bertz CT molecular complexity index is 248. The second kappa shape index (κ2) is 4.94. The summed E-state index contributed by atoms with van der Waals surface area (Å²) in [4.78, 5) is 0. The van der Waals surface area contributed by atoms with Crippen LogP contribution in [0.4, 0.5) is 4.39 Å². The Kier molecular flexibility index (Phi) is 3.86. The zero-order valence-corrected chi connectivity index (χ0v) is 7.66. The van der Waals surface area contributed by atoms with Gasteiger partial charge in [0, 0.05) is 13.2 Å². The van der Waals surface area contributed by atoms with E-state index in [4.69, 9.17) is 10.5 Å². The summed E-state index contributed by atoms with van der Waals surface area (Å²) in [5.74, 6) is -0.240. The lowest BCUT2D eigenvalue weighted by molar-refractivity contribution is 0.0688. The lowest BCUT2D eigenvalue weighted by Crippen LogP contribution is -2.15. The molecule has 3 heteroatoms. The molecule has 0 amide bonds. The summed E-state index contributed by atoms with van der Waals surface area (Å²) in [7, 11) is 0. The zero-order chi connectivity index (χ0) is 9.68. The number of halogens is 1. The summed E-state index contributed by atoms with van der Waals surface area (Å²) in [5.41, 5.74) is 6.43. The van der Waals surface area contributed by atoms with Crippen LogP contribution in [-0.2, 0) is 4.74 Å². The van der Waals surface area contributed by atoms with Crippen LogP contribution in [0.25, 0.3) is 0 Å². The first-order valence-corrected chi connectivity index (χ1v) is 4.35. The number of ether oxygens (including phenoxy) is 1. The molecule has 0 aromatic heterocycles. The Hall–Kier alpha value is -0.930. The van der Waals surface area contributed by atoms with Gasteiger partial charge in [0.15, 0.2) is 0 Å². The van der Waals surface area contributed by atoms with Crippen LogP contribution in [0.2, 0.25) is 0 Å². The minimum absolute atomic E-state index is 0.120. The molecule has 13 heavy (non-hydrogen) atoms. The maximum absolute atomic E-state index is 12.6. The summed E-state index contributed by atoms with van der Waals surface area (Å²) in [6.07, 6.45) is -0.120. The molecule has 0 saturated carbocycles. The molecule has 0 bridgehead atoms. The standard InChI is InChI=1S/C10H14FNO/c1-2-13-10(7-12)8-3-5-9(11)6-4-8/h3-6,10H,2,7,12H2,1H3. The van der Waals surface area contributed by atoms with E-state index < -0.39 is 0 Å². The van der Waals surface area contributed by atoms with Crippen molar-refractivity contribution in [3.8, 4) is 0 Å². The molecule has 2 nitrogen and oxygen atoms in total. The van der Waals surface area contributed by atoms with Crippen LogP contribution in [0.1, 0.15) is 18.6 Å². The highest BCUT2D eigenvalue weighted by Crippen LogP contribution is 2.15. The monoisotopic (exact) mass is 183 g/mol. The van der Waals surface area contributed by atoms with E-state index in [2.05, 4.69) is 0 Å². The molecule has 0 fully saturated rings. The van der Waals surface area contributed by atoms with Crippen molar-refractivity contribution < 1.29 is 9.13 Å². The predicted octanol–water partition coefficient (Wildman–Crippen LogP) is 1.86. The van der Waals surface area contributed by atoms with E-state index in [1.165, 1.54) is 12.1 Å². The van der Waals surface area contributed by atoms with E-state index in [0.29, 0.717) is 13.2 Å². The van der Waals surface area contributed by atoms with Crippen molar-refractivity contribution in [3.63, 3.8) is 0 Å². The lowest BCUT2D eigenvalue weighted by Gasteiger charge is -2.14. The van der Waals surface area contributed by atoms with E-state index in [9.17, 15) is 4.39 Å². The van der Waals surface area contributed by atoms with Gasteiger partial charge in [-0.2, -0.15) is 0 Å². The highest BCUT2D eigenvalue weighted by molar-refractivity contribution is 5.18. The van der Waals surface area contributed by atoms with Gasteiger partial charge < -0.3 is 10.5 Å². The third-order valence-corrected chi connectivity index (χ3v) is 1.82. The van der Waals surface area contributed by atoms with Gasteiger partial charge in [-0.05, 0) is 24.6 Å². The lowest BCUT2D eigenvalue weighted by atomic mass is 10.1. The highest BCUT2D eigenvalue weighted by Gasteiger charge is 2.08. The van der Waals surface area contributed by atoms with Crippen molar-refractivity contribution >= 4 is 0 Å². The fourth-order valence-corrected chi connectivity index (χ4v) is 1.18. The molecule has 0 heterocycles. The maximum atomic E-state index is 12.6. The Morgan fingerprint density at radius 1 is 1.38 bits per heavy atom. The third kappa shape index (κ3) is 2.79. The van der Waals surface area contributed by atoms with Crippen molar-refractivity contribution in [2.24, 2.45) is 5.73 Å². The van der Waals surface area contributed by atoms with Crippen molar-refractivity contribution in [2.45, 2.75) is 13.0 Å². The van der Waals surface area contributed by atoms with Gasteiger partial charge in [0.1, 0.15) is 5.82 Å². The van der Waals surface area contributed by atoms with Crippen LogP contribution in [0.15, 0.2) is 24.3 Å². The Morgan fingerprint density at radius 2 is 2.00 bits per heavy atom. The van der Waals surface area contributed by atoms with Crippen LogP contribution in [0.3, 0.4) is 0 Å². The molecule has 0 saturated heterocycles. The molecule has 1 aromatic carbocycles. The topological polar surface area (TPSA) is 35.2 Å². The van der Waals surface area contributed by atoms with Gasteiger partial charge in [-0.25, -0.2) is 4.39 Å². The van der Waals surface area contributed by atoms with Crippen LogP contribution in [-0.4, -0.2) is 13.2 Å². The van der Waals surface area contributed by atoms with Gasteiger partial charge in [-0.1, -0.05) is 12.1 Å². The van der Waals surface area contributed by atoms with Gasteiger partial charge >= 0.3 is 0 Å². The van der Waals surface area contributed by atoms with E-state index in [1.807, 2.05) is 6.92 Å². The molecule has 1 rings (SSSR count). The quantitative estimate of drug-likeness (QED) is 0.773. The van der Waals surface area contributed by atoms with Crippen LogP contribution < -0.4 is 5.73 Å². The Morgan fingerprint density at radius 3 is 2.46 bits per heavy atom. The molecule has 2 N–H and O–H groups in total. The summed E-state index contributed by atoms with van der Waals surface area (Å²) in [6.45, 7) is 2.94. The highest BCUT2D eigenvalue weighted by atomic mass is 19.1. The Labute approximate surface area is 77.5 Å². The van der Waals surface area contributed by atoms with Crippen LogP contribution >= 0.6 is 0 Å². The number of nitrogens with two attached hydrogens (primary N) is 1. The number of hydrogen-bond donors (Lipinski definition) is 1. The average Bonchev–Trinajstić information content (AvgIpc) is 2.16. The molecular formula is C10H14FNO. The fourth-order valence-electron chi connectivity index (χ4n) is 1.18. The molecule has 0 aliphatic rings. The summed E-state index contributed by atoms with van der Waals surface area (Å²) in [6, 6.07) is 6.22. The molecule has 1 atom stereocenters. The van der Waals surface area contributed by atoms with Crippen molar-refractivity contribution in [2.75, 3.05) is 13.2 Å². The molecule has 1 unspecified atom stereocenters. The first-order chi connectivity index (χ1) is 6.27. The smallest absolute Gasteiger partial charge is 0.123 e. The summed E-state index contributed by atoms with van der Waals surface area (Å²) in [5, 5.41) is 0. The summed E-state index contributed by atoms with van der Waals surface area (Å²) < 4.78 is 17.9. The van der Waals surface area contributed by atoms with Gasteiger partial charge in [0.05, 0.1) is 6.10 Å². The summed E-state index contributed by atoms with van der Waals surface area (Å²) >= 11 is 0. The third-order valence-electron chi connectivity index (χ3n) is 1.82. The molecule has 0 radical (unpaired) electrons. The van der Waals surface area contributed by atoms with Gasteiger partial charge in [0.2, 0.25) is 0 Å².